The maximum absolute atomic E-state index is 13.0. The van der Waals surface area contributed by atoms with Gasteiger partial charge in [0.2, 0.25) is 0 Å². The van der Waals surface area contributed by atoms with Crippen molar-refractivity contribution in [1.82, 2.24) is 5.32 Å². The summed E-state index contributed by atoms with van der Waals surface area (Å²) in [6.07, 6.45) is 3.74. The van der Waals surface area contributed by atoms with Crippen molar-refractivity contribution in [3.05, 3.63) is 54.1 Å². The second kappa shape index (κ2) is 12.1. The number of carbonyl (C=O) groups excluding carboxylic acids is 2. The van der Waals surface area contributed by atoms with E-state index in [-0.39, 0.29) is 16.8 Å². The molecule has 32 heavy (non-hydrogen) atoms. The van der Waals surface area contributed by atoms with Crippen molar-refractivity contribution < 1.29 is 27.5 Å². The number of ether oxygens (including phenoxy) is 2. The van der Waals surface area contributed by atoms with Crippen molar-refractivity contribution in [2.75, 3.05) is 32.1 Å². The number of sulfonamides is 1. The Morgan fingerprint density at radius 1 is 0.938 bits per heavy atom. The number of nitrogens with one attached hydrogen (secondary N) is 1. The Morgan fingerprint density at radius 2 is 1.59 bits per heavy atom. The summed E-state index contributed by atoms with van der Waals surface area (Å²) in [7, 11) is 0.496. The first kappa shape index (κ1) is 25.2. The second-order valence-corrected chi connectivity index (χ2v) is 9.13. The lowest BCUT2D eigenvalue weighted by molar-refractivity contribution is -0.140. The lowest BCUT2D eigenvalue weighted by Gasteiger charge is -2.21. The van der Waals surface area contributed by atoms with Gasteiger partial charge in [-0.1, -0.05) is 25.0 Å². The Labute approximate surface area is 189 Å². The molecule has 0 aromatic heterocycles. The van der Waals surface area contributed by atoms with Crippen LogP contribution in [0.2, 0.25) is 0 Å². The van der Waals surface area contributed by atoms with Gasteiger partial charge in [0.25, 0.3) is 15.9 Å². The van der Waals surface area contributed by atoms with E-state index in [1.54, 1.807) is 24.3 Å². The largest absolute Gasteiger partial charge is 0.495 e. The Kier molecular flexibility index (Phi) is 9.52. The SMILES string of the molecule is COC(=O)CCCCCCNC(=O)c1ccc(S(=O)(=O)N(C)c2ccccc2OC)cc1. The molecular weight excluding hydrogens is 432 g/mol. The summed E-state index contributed by atoms with van der Waals surface area (Å²) in [4.78, 5) is 23.4. The number of methoxy groups -OCH3 is 2. The molecule has 0 atom stereocenters. The predicted molar refractivity (Wildman–Crippen MR) is 122 cm³/mol. The normalized spacial score (nSPS) is 11.0. The van der Waals surface area contributed by atoms with E-state index >= 15 is 0 Å². The van der Waals surface area contributed by atoms with E-state index in [9.17, 15) is 18.0 Å². The molecule has 0 spiro atoms. The fourth-order valence-corrected chi connectivity index (χ4v) is 4.32. The standard InChI is InChI=1S/C23H30N2O6S/c1-25(20-10-7-8-11-21(20)30-2)32(28,29)19-15-13-18(14-16-19)23(27)24-17-9-5-4-6-12-22(26)31-3/h7-8,10-11,13-16H,4-6,9,12,17H2,1-3H3,(H,24,27). The summed E-state index contributed by atoms with van der Waals surface area (Å²) in [5.41, 5.74) is 0.804. The third-order valence-corrected chi connectivity index (χ3v) is 6.81. The van der Waals surface area contributed by atoms with E-state index in [2.05, 4.69) is 10.1 Å². The first-order valence-electron chi connectivity index (χ1n) is 10.4. The summed E-state index contributed by atoms with van der Waals surface area (Å²) >= 11 is 0. The molecule has 1 N–H and O–H groups in total. The van der Waals surface area contributed by atoms with Gasteiger partial charge in [0, 0.05) is 25.6 Å². The minimum atomic E-state index is -3.82. The smallest absolute Gasteiger partial charge is 0.305 e. The number of carbonyl (C=O) groups is 2. The number of hydrogen-bond donors (Lipinski definition) is 1. The molecule has 0 heterocycles. The topological polar surface area (TPSA) is 102 Å². The highest BCUT2D eigenvalue weighted by Crippen LogP contribution is 2.30. The molecular formula is C23H30N2O6S. The van der Waals surface area contributed by atoms with Crippen LogP contribution in [0.25, 0.3) is 0 Å². The predicted octanol–water partition coefficient (Wildman–Crippen LogP) is 3.37. The quantitative estimate of drug-likeness (QED) is 0.383. The minimum absolute atomic E-state index is 0.0769. The number of esters is 1. The number of hydrogen-bond acceptors (Lipinski definition) is 6. The molecule has 0 fully saturated rings. The van der Waals surface area contributed by atoms with Crippen LogP contribution in [-0.2, 0) is 19.6 Å². The summed E-state index contributed by atoms with van der Waals surface area (Å²) in [5, 5.41) is 2.82. The maximum atomic E-state index is 13.0. The summed E-state index contributed by atoms with van der Waals surface area (Å²) in [6, 6.07) is 12.7. The second-order valence-electron chi connectivity index (χ2n) is 7.17. The van der Waals surface area contributed by atoms with Crippen LogP contribution in [0, 0.1) is 0 Å². The summed E-state index contributed by atoms with van der Waals surface area (Å²) in [6.45, 7) is 0.508. The molecule has 0 aliphatic carbocycles. The number of benzene rings is 2. The van der Waals surface area contributed by atoms with Gasteiger partial charge in [0.05, 0.1) is 24.8 Å². The lowest BCUT2D eigenvalue weighted by atomic mass is 10.1. The van der Waals surface area contributed by atoms with E-state index in [0.29, 0.717) is 30.0 Å². The van der Waals surface area contributed by atoms with E-state index < -0.39 is 10.0 Å². The highest BCUT2D eigenvalue weighted by molar-refractivity contribution is 7.92. The van der Waals surface area contributed by atoms with Crippen molar-refractivity contribution in [3.63, 3.8) is 0 Å². The monoisotopic (exact) mass is 462 g/mol. The van der Waals surface area contributed by atoms with Crippen LogP contribution in [0.3, 0.4) is 0 Å². The van der Waals surface area contributed by atoms with Crippen LogP contribution >= 0.6 is 0 Å². The fraction of sp³-hybridized carbons (Fsp3) is 0.391. The number of nitrogens with zero attached hydrogens (tertiary/aromatic N) is 1. The van der Waals surface area contributed by atoms with Gasteiger partial charge in [0.15, 0.2) is 0 Å². The summed E-state index contributed by atoms with van der Waals surface area (Å²) in [5.74, 6) is -0.0284. The first-order valence-corrected chi connectivity index (χ1v) is 11.8. The van der Waals surface area contributed by atoms with Crippen molar-refractivity contribution >= 4 is 27.6 Å². The number of para-hydroxylation sites is 2. The molecule has 9 heteroatoms. The van der Waals surface area contributed by atoms with Crippen LogP contribution in [-0.4, -0.2) is 48.1 Å². The molecule has 0 aliphatic rings. The van der Waals surface area contributed by atoms with E-state index in [0.717, 1.165) is 30.0 Å². The van der Waals surface area contributed by atoms with Crippen LogP contribution in [0.5, 0.6) is 5.75 Å². The number of rotatable bonds is 12. The summed E-state index contributed by atoms with van der Waals surface area (Å²) < 4.78 is 37.0. The Hall–Kier alpha value is -3.07. The zero-order chi connectivity index (χ0) is 23.6. The third kappa shape index (κ3) is 6.71. The molecule has 2 aromatic carbocycles. The number of amides is 1. The van der Waals surface area contributed by atoms with Crippen LogP contribution in [0.15, 0.2) is 53.4 Å². The zero-order valence-electron chi connectivity index (χ0n) is 18.7. The van der Waals surface area contributed by atoms with Gasteiger partial charge in [-0.3, -0.25) is 13.9 Å². The van der Waals surface area contributed by atoms with Crippen molar-refractivity contribution in [2.24, 2.45) is 0 Å². The van der Waals surface area contributed by atoms with Gasteiger partial charge in [-0.15, -0.1) is 0 Å². The van der Waals surface area contributed by atoms with Gasteiger partial charge in [-0.25, -0.2) is 8.42 Å². The molecule has 1 amide bonds. The van der Waals surface area contributed by atoms with Gasteiger partial charge in [0.1, 0.15) is 5.75 Å². The molecule has 0 aliphatic heterocycles. The van der Waals surface area contributed by atoms with Crippen molar-refractivity contribution in [2.45, 2.75) is 37.0 Å². The number of anilines is 1. The number of unbranched alkanes of at least 4 members (excludes halogenated alkanes) is 3. The molecule has 8 nitrogen and oxygen atoms in total. The van der Waals surface area contributed by atoms with E-state index in [1.807, 2.05) is 0 Å². The average Bonchev–Trinajstić information content (AvgIpc) is 2.82. The highest BCUT2D eigenvalue weighted by atomic mass is 32.2. The molecule has 2 rings (SSSR count). The van der Waals surface area contributed by atoms with Crippen LogP contribution in [0.4, 0.5) is 5.69 Å². The van der Waals surface area contributed by atoms with E-state index in [1.165, 1.54) is 45.5 Å². The average molecular weight is 463 g/mol. The Bertz CT molecular complexity index is 1010. The van der Waals surface area contributed by atoms with Gasteiger partial charge >= 0.3 is 5.97 Å². The Balaban J connectivity index is 1.90. The molecule has 2 aromatic rings. The maximum Gasteiger partial charge on any atom is 0.305 e. The first-order chi connectivity index (χ1) is 15.3. The van der Waals surface area contributed by atoms with Crippen molar-refractivity contribution in [3.8, 4) is 5.75 Å². The molecule has 0 bridgehead atoms. The molecule has 0 unspecified atom stereocenters. The van der Waals surface area contributed by atoms with Crippen LogP contribution < -0.4 is 14.4 Å². The fourth-order valence-electron chi connectivity index (χ4n) is 3.11. The van der Waals surface area contributed by atoms with Gasteiger partial charge in [-0.05, 0) is 49.2 Å². The minimum Gasteiger partial charge on any atom is -0.495 e. The van der Waals surface area contributed by atoms with Gasteiger partial charge < -0.3 is 14.8 Å². The molecule has 0 radical (unpaired) electrons. The van der Waals surface area contributed by atoms with Gasteiger partial charge in [-0.2, -0.15) is 0 Å². The molecule has 0 saturated heterocycles. The lowest BCUT2D eigenvalue weighted by Crippen LogP contribution is -2.27. The third-order valence-electron chi connectivity index (χ3n) is 5.02. The molecule has 174 valence electrons. The highest BCUT2D eigenvalue weighted by Gasteiger charge is 2.23. The zero-order valence-corrected chi connectivity index (χ0v) is 19.5. The van der Waals surface area contributed by atoms with Crippen molar-refractivity contribution in [1.29, 1.82) is 0 Å². The molecule has 0 saturated carbocycles. The van der Waals surface area contributed by atoms with Crippen LogP contribution in [0.1, 0.15) is 42.5 Å². The van der Waals surface area contributed by atoms with E-state index in [4.69, 9.17) is 4.74 Å². The Morgan fingerprint density at radius 3 is 2.25 bits per heavy atom.